The zero-order valence-corrected chi connectivity index (χ0v) is 6.56. The van der Waals surface area contributed by atoms with Gasteiger partial charge in [0.05, 0.1) is 11.8 Å². The summed E-state index contributed by atoms with van der Waals surface area (Å²) in [5.74, 6) is -2.63. The minimum Gasteiger partial charge on any atom is -0.481 e. The Morgan fingerprint density at radius 2 is 1.75 bits per heavy atom. The van der Waals surface area contributed by atoms with E-state index in [0.717, 1.165) is 0 Å². The first-order valence-electron chi connectivity index (χ1n) is 3.80. The van der Waals surface area contributed by atoms with E-state index in [1.807, 2.05) is 0 Å². The van der Waals surface area contributed by atoms with E-state index >= 15 is 0 Å². The van der Waals surface area contributed by atoms with Gasteiger partial charge in [-0.1, -0.05) is 12.2 Å². The summed E-state index contributed by atoms with van der Waals surface area (Å²) in [5, 5.41) is 8.72. The lowest BCUT2D eigenvalue weighted by Gasteiger charge is -2.21. The fourth-order valence-electron chi connectivity index (χ4n) is 1.40. The summed E-state index contributed by atoms with van der Waals surface area (Å²) in [6, 6.07) is 0. The summed E-state index contributed by atoms with van der Waals surface area (Å²) in [6.45, 7) is 0. The molecule has 4 nitrogen and oxygen atoms in total. The van der Waals surface area contributed by atoms with E-state index in [1.165, 1.54) is 0 Å². The summed E-state index contributed by atoms with van der Waals surface area (Å²) in [7, 11) is 0. The molecule has 66 valence electrons. The third-order valence-electron chi connectivity index (χ3n) is 2.12. The molecule has 0 radical (unpaired) electrons. The van der Waals surface area contributed by atoms with Crippen molar-refractivity contribution in [3.05, 3.63) is 12.2 Å². The number of hydrogen-bond acceptors (Lipinski definition) is 2. The first-order chi connectivity index (χ1) is 5.63. The second-order valence-electron chi connectivity index (χ2n) is 2.90. The van der Waals surface area contributed by atoms with Gasteiger partial charge >= 0.3 is 5.97 Å². The monoisotopic (exact) mass is 169 g/mol. The second-order valence-corrected chi connectivity index (χ2v) is 2.90. The summed E-state index contributed by atoms with van der Waals surface area (Å²) < 4.78 is 0. The van der Waals surface area contributed by atoms with Crippen LogP contribution in [-0.2, 0) is 9.59 Å². The lowest BCUT2D eigenvalue weighted by molar-refractivity contribution is -0.146. The van der Waals surface area contributed by atoms with E-state index in [9.17, 15) is 9.59 Å². The van der Waals surface area contributed by atoms with Crippen LogP contribution in [0.25, 0.3) is 0 Å². The molecule has 0 unspecified atom stereocenters. The van der Waals surface area contributed by atoms with Crippen LogP contribution in [0.2, 0.25) is 0 Å². The number of amides is 1. The summed E-state index contributed by atoms with van der Waals surface area (Å²) in [6.07, 6.45) is 4.43. The molecule has 0 aromatic heterocycles. The molecule has 1 rings (SSSR count). The molecule has 0 aromatic rings. The molecule has 12 heavy (non-hydrogen) atoms. The third kappa shape index (κ3) is 1.64. The maximum atomic E-state index is 10.8. The quantitative estimate of drug-likeness (QED) is 0.577. The van der Waals surface area contributed by atoms with Crippen LogP contribution in [-0.4, -0.2) is 17.0 Å². The van der Waals surface area contributed by atoms with Crippen molar-refractivity contribution < 1.29 is 14.7 Å². The highest BCUT2D eigenvalue weighted by molar-refractivity contribution is 5.84. The molecule has 0 saturated heterocycles. The molecule has 1 amide bonds. The highest BCUT2D eigenvalue weighted by Gasteiger charge is 2.32. The molecular weight excluding hydrogens is 158 g/mol. The Labute approximate surface area is 70.1 Å². The number of carboxylic acid groups (broad SMARTS) is 1. The van der Waals surface area contributed by atoms with Gasteiger partial charge in [0.1, 0.15) is 0 Å². The van der Waals surface area contributed by atoms with Gasteiger partial charge in [-0.3, -0.25) is 9.59 Å². The van der Waals surface area contributed by atoms with Gasteiger partial charge in [0.25, 0.3) is 0 Å². The lowest BCUT2D eigenvalue weighted by atomic mass is 9.83. The molecule has 0 saturated carbocycles. The molecule has 0 aliphatic heterocycles. The lowest BCUT2D eigenvalue weighted by Crippen LogP contribution is -2.35. The van der Waals surface area contributed by atoms with Crippen LogP contribution in [0.15, 0.2) is 12.2 Å². The molecule has 0 fully saturated rings. The number of carbonyl (C=O) groups is 2. The fourth-order valence-corrected chi connectivity index (χ4v) is 1.40. The largest absolute Gasteiger partial charge is 0.481 e. The molecule has 0 bridgehead atoms. The molecule has 0 aromatic carbocycles. The maximum Gasteiger partial charge on any atom is 0.307 e. The number of hydrogen-bond donors (Lipinski definition) is 2. The number of carboxylic acids is 1. The predicted molar refractivity (Wildman–Crippen MR) is 42.2 cm³/mol. The molecule has 1 aliphatic rings. The Kier molecular flexibility index (Phi) is 2.47. The van der Waals surface area contributed by atoms with Crippen LogP contribution in [0.3, 0.4) is 0 Å². The molecular formula is C8H11NO3. The highest BCUT2D eigenvalue weighted by Crippen LogP contribution is 2.25. The van der Waals surface area contributed by atoms with E-state index in [1.54, 1.807) is 12.2 Å². The zero-order valence-electron chi connectivity index (χ0n) is 6.56. The van der Waals surface area contributed by atoms with Crippen LogP contribution in [0.4, 0.5) is 0 Å². The van der Waals surface area contributed by atoms with Crippen LogP contribution < -0.4 is 5.73 Å². The number of primary amides is 1. The predicted octanol–water partition coefficient (Wildman–Crippen LogP) is 0.139. The summed E-state index contributed by atoms with van der Waals surface area (Å²) in [4.78, 5) is 21.4. The number of carbonyl (C=O) groups excluding carboxylic acids is 1. The standard InChI is InChI=1S/C8H11NO3/c9-7(10)5-3-1-2-4-6(5)8(11)12/h1-2,5-6H,3-4H2,(H2,9,10)(H,11,12)/t5-,6+/m0/s1. The van der Waals surface area contributed by atoms with Crippen molar-refractivity contribution in [2.45, 2.75) is 12.8 Å². The Morgan fingerprint density at radius 1 is 1.25 bits per heavy atom. The van der Waals surface area contributed by atoms with Crippen molar-refractivity contribution in [1.82, 2.24) is 0 Å². The summed E-state index contributed by atoms with van der Waals surface area (Å²) in [5.41, 5.74) is 5.06. The maximum absolute atomic E-state index is 10.8. The normalized spacial score (nSPS) is 28.3. The van der Waals surface area contributed by atoms with Crippen molar-refractivity contribution >= 4 is 11.9 Å². The van der Waals surface area contributed by atoms with Gasteiger partial charge in [-0.15, -0.1) is 0 Å². The van der Waals surface area contributed by atoms with E-state index in [4.69, 9.17) is 10.8 Å². The molecule has 3 N–H and O–H groups in total. The Balaban J connectivity index is 2.76. The molecule has 0 spiro atoms. The second kappa shape index (κ2) is 3.38. The van der Waals surface area contributed by atoms with Crippen molar-refractivity contribution in [2.75, 3.05) is 0 Å². The van der Waals surface area contributed by atoms with Crippen LogP contribution in [0, 0.1) is 11.8 Å². The molecule has 0 heterocycles. The van der Waals surface area contributed by atoms with Gasteiger partial charge in [0.2, 0.25) is 5.91 Å². The average Bonchev–Trinajstić information content (AvgIpc) is 2.04. The Bertz CT molecular complexity index is 210. The van der Waals surface area contributed by atoms with Crippen molar-refractivity contribution in [1.29, 1.82) is 0 Å². The topological polar surface area (TPSA) is 80.4 Å². The zero-order chi connectivity index (χ0) is 9.14. The number of aliphatic carboxylic acids is 1. The molecule has 1 aliphatic carbocycles. The van der Waals surface area contributed by atoms with Crippen molar-refractivity contribution in [2.24, 2.45) is 17.6 Å². The van der Waals surface area contributed by atoms with Gasteiger partial charge in [0, 0.05) is 0 Å². The van der Waals surface area contributed by atoms with Gasteiger partial charge in [0.15, 0.2) is 0 Å². The first-order valence-corrected chi connectivity index (χ1v) is 3.80. The van der Waals surface area contributed by atoms with Crippen LogP contribution in [0.1, 0.15) is 12.8 Å². The number of rotatable bonds is 2. The highest BCUT2D eigenvalue weighted by atomic mass is 16.4. The molecule has 4 heteroatoms. The smallest absolute Gasteiger partial charge is 0.307 e. The fraction of sp³-hybridized carbons (Fsp3) is 0.500. The Hall–Kier alpha value is -1.32. The van der Waals surface area contributed by atoms with Gasteiger partial charge in [-0.25, -0.2) is 0 Å². The average molecular weight is 169 g/mol. The van der Waals surface area contributed by atoms with Crippen LogP contribution >= 0.6 is 0 Å². The molecule has 2 atom stereocenters. The Morgan fingerprint density at radius 3 is 2.08 bits per heavy atom. The van der Waals surface area contributed by atoms with E-state index in [2.05, 4.69) is 0 Å². The SMILES string of the molecule is NC(=O)[C@H]1CC=CC[C@H]1C(=O)O. The van der Waals surface area contributed by atoms with E-state index in [-0.39, 0.29) is 0 Å². The first kappa shape index (κ1) is 8.77. The minimum atomic E-state index is -0.942. The minimum absolute atomic E-state index is 0.406. The van der Waals surface area contributed by atoms with Gasteiger partial charge < -0.3 is 10.8 Å². The van der Waals surface area contributed by atoms with Crippen molar-refractivity contribution in [3.8, 4) is 0 Å². The van der Waals surface area contributed by atoms with Crippen LogP contribution in [0.5, 0.6) is 0 Å². The third-order valence-corrected chi connectivity index (χ3v) is 2.12. The number of allylic oxidation sites excluding steroid dienone is 2. The van der Waals surface area contributed by atoms with Crippen molar-refractivity contribution in [3.63, 3.8) is 0 Å². The van der Waals surface area contributed by atoms with E-state index < -0.39 is 23.7 Å². The van der Waals surface area contributed by atoms with E-state index in [0.29, 0.717) is 12.8 Å². The van der Waals surface area contributed by atoms with Gasteiger partial charge in [-0.2, -0.15) is 0 Å². The number of nitrogens with two attached hydrogens (primary N) is 1. The van der Waals surface area contributed by atoms with Gasteiger partial charge in [-0.05, 0) is 12.8 Å². The summed E-state index contributed by atoms with van der Waals surface area (Å²) >= 11 is 0.